The van der Waals surface area contributed by atoms with Crippen molar-refractivity contribution in [2.75, 3.05) is 19.8 Å². The predicted molar refractivity (Wildman–Crippen MR) is 40.0 cm³/mol. The lowest BCUT2D eigenvalue weighted by Gasteiger charge is -2.35. The Hall–Kier alpha value is -0.0800. The van der Waals surface area contributed by atoms with Crippen molar-refractivity contribution >= 4 is 0 Å². The van der Waals surface area contributed by atoms with E-state index in [9.17, 15) is 0 Å². The van der Waals surface area contributed by atoms with Crippen molar-refractivity contribution in [3.63, 3.8) is 0 Å². The molecule has 2 heteroatoms. The lowest BCUT2D eigenvalue weighted by atomic mass is 9.97. The largest absolute Gasteiger partial charge is 0.381 e. The monoisotopic (exact) mass is 144 g/mol. The minimum Gasteiger partial charge on any atom is -0.381 e. The van der Waals surface area contributed by atoms with E-state index in [0.29, 0.717) is 12.0 Å². The highest BCUT2D eigenvalue weighted by Gasteiger charge is 2.29. The van der Waals surface area contributed by atoms with E-state index in [2.05, 4.69) is 6.92 Å². The van der Waals surface area contributed by atoms with Gasteiger partial charge in [0, 0.05) is 12.5 Å². The zero-order valence-electron chi connectivity index (χ0n) is 6.80. The summed E-state index contributed by atoms with van der Waals surface area (Å²) in [5.74, 6) is 0.671. The first-order valence-corrected chi connectivity index (χ1v) is 4.07. The normalized spacial score (nSPS) is 31.8. The Labute approximate surface area is 62.5 Å². The van der Waals surface area contributed by atoms with Crippen LogP contribution in [0, 0.1) is 5.92 Å². The van der Waals surface area contributed by atoms with Gasteiger partial charge in [0.15, 0.2) is 0 Å². The fraction of sp³-hybridized carbons (Fsp3) is 1.00. The molecule has 1 rings (SSSR count). The van der Waals surface area contributed by atoms with E-state index in [0.717, 1.165) is 26.2 Å². The van der Waals surface area contributed by atoms with Crippen LogP contribution in [0.3, 0.4) is 0 Å². The van der Waals surface area contributed by atoms with Crippen LogP contribution in [0.25, 0.3) is 0 Å². The number of hydrogen-bond donors (Lipinski definition) is 0. The number of hydrogen-bond acceptors (Lipinski definition) is 2. The Bertz CT molecular complexity index is 91.3. The van der Waals surface area contributed by atoms with Gasteiger partial charge < -0.3 is 9.47 Å². The van der Waals surface area contributed by atoms with Gasteiger partial charge >= 0.3 is 0 Å². The summed E-state index contributed by atoms with van der Waals surface area (Å²) < 4.78 is 10.6. The Balaban J connectivity index is 2.05. The maximum absolute atomic E-state index is 5.31. The van der Waals surface area contributed by atoms with Crippen molar-refractivity contribution < 1.29 is 9.47 Å². The first-order valence-electron chi connectivity index (χ1n) is 4.07. The van der Waals surface area contributed by atoms with Gasteiger partial charge in [-0.2, -0.15) is 0 Å². The van der Waals surface area contributed by atoms with Gasteiger partial charge in [0.1, 0.15) is 0 Å². The van der Waals surface area contributed by atoms with E-state index in [1.54, 1.807) is 0 Å². The molecule has 0 N–H and O–H groups in total. The molecule has 0 amide bonds. The van der Waals surface area contributed by atoms with Crippen LogP contribution >= 0.6 is 0 Å². The predicted octanol–water partition coefficient (Wildman–Crippen LogP) is 1.45. The number of ether oxygens (including phenoxy) is 2. The zero-order chi connectivity index (χ0) is 7.40. The summed E-state index contributed by atoms with van der Waals surface area (Å²) in [5.41, 5.74) is 0. The van der Waals surface area contributed by atoms with Crippen LogP contribution in [0.2, 0.25) is 0 Å². The van der Waals surface area contributed by atoms with Crippen molar-refractivity contribution in [1.82, 2.24) is 0 Å². The van der Waals surface area contributed by atoms with Crippen LogP contribution in [-0.2, 0) is 9.47 Å². The molecule has 2 nitrogen and oxygen atoms in total. The minimum absolute atomic E-state index is 0.478. The maximum Gasteiger partial charge on any atom is 0.0645 e. The van der Waals surface area contributed by atoms with E-state index < -0.39 is 0 Å². The summed E-state index contributed by atoms with van der Waals surface area (Å²) in [7, 11) is 0. The highest BCUT2D eigenvalue weighted by atomic mass is 16.5. The summed E-state index contributed by atoms with van der Waals surface area (Å²) in [5, 5.41) is 0. The molecular formula is C8H16O2. The Morgan fingerprint density at radius 2 is 2.30 bits per heavy atom. The Morgan fingerprint density at radius 1 is 1.50 bits per heavy atom. The van der Waals surface area contributed by atoms with Crippen LogP contribution in [0.15, 0.2) is 0 Å². The molecule has 0 saturated carbocycles. The SMILES string of the molecule is CCOCC1COC1CC. The molecule has 0 aromatic carbocycles. The van der Waals surface area contributed by atoms with Crippen molar-refractivity contribution in [3.05, 3.63) is 0 Å². The van der Waals surface area contributed by atoms with E-state index in [1.807, 2.05) is 6.92 Å². The molecule has 2 unspecified atom stereocenters. The van der Waals surface area contributed by atoms with Crippen LogP contribution in [0.1, 0.15) is 20.3 Å². The molecule has 1 aliphatic rings. The molecule has 2 atom stereocenters. The maximum atomic E-state index is 5.31. The average Bonchev–Trinajstić information content (AvgIpc) is 1.88. The van der Waals surface area contributed by atoms with Crippen molar-refractivity contribution in [2.45, 2.75) is 26.4 Å². The molecule has 60 valence electrons. The van der Waals surface area contributed by atoms with Crippen LogP contribution in [0.5, 0.6) is 0 Å². The highest BCUT2D eigenvalue weighted by Crippen LogP contribution is 2.22. The van der Waals surface area contributed by atoms with Gasteiger partial charge in [-0.05, 0) is 13.3 Å². The molecule has 0 aromatic heterocycles. The van der Waals surface area contributed by atoms with Crippen LogP contribution in [0.4, 0.5) is 0 Å². The molecule has 1 saturated heterocycles. The molecule has 1 aliphatic heterocycles. The van der Waals surface area contributed by atoms with E-state index in [1.165, 1.54) is 0 Å². The van der Waals surface area contributed by atoms with Gasteiger partial charge in [-0.15, -0.1) is 0 Å². The lowest BCUT2D eigenvalue weighted by Crippen LogP contribution is -2.42. The van der Waals surface area contributed by atoms with Gasteiger partial charge in [0.25, 0.3) is 0 Å². The summed E-state index contributed by atoms with van der Waals surface area (Å²) >= 11 is 0. The van der Waals surface area contributed by atoms with Crippen LogP contribution < -0.4 is 0 Å². The first kappa shape index (κ1) is 8.02. The van der Waals surface area contributed by atoms with Gasteiger partial charge in [-0.3, -0.25) is 0 Å². The molecule has 0 aliphatic carbocycles. The number of rotatable bonds is 4. The quantitative estimate of drug-likeness (QED) is 0.594. The van der Waals surface area contributed by atoms with Crippen LogP contribution in [-0.4, -0.2) is 25.9 Å². The van der Waals surface area contributed by atoms with E-state index in [-0.39, 0.29) is 0 Å². The fourth-order valence-corrected chi connectivity index (χ4v) is 1.24. The molecule has 1 heterocycles. The summed E-state index contributed by atoms with van der Waals surface area (Å²) in [6.07, 6.45) is 1.60. The van der Waals surface area contributed by atoms with Gasteiger partial charge in [0.2, 0.25) is 0 Å². The Kier molecular flexibility index (Phi) is 3.16. The molecular weight excluding hydrogens is 128 g/mol. The van der Waals surface area contributed by atoms with Gasteiger partial charge in [-0.1, -0.05) is 6.92 Å². The first-order chi connectivity index (χ1) is 4.88. The third-order valence-corrected chi connectivity index (χ3v) is 1.99. The summed E-state index contributed by atoms with van der Waals surface area (Å²) in [6.45, 7) is 6.80. The molecule has 0 bridgehead atoms. The highest BCUT2D eigenvalue weighted by molar-refractivity contribution is 4.76. The minimum atomic E-state index is 0.478. The molecule has 0 aromatic rings. The van der Waals surface area contributed by atoms with Gasteiger partial charge in [0.05, 0.1) is 19.3 Å². The van der Waals surface area contributed by atoms with E-state index >= 15 is 0 Å². The second-order valence-corrected chi connectivity index (χ2v) is 2.70. The lowest BCUT2D eigenvalue weighted by molar-refractivity contribution is -0.139. The van der Waals surface area contributed by atoms with E-state index in [4.69, 9.17) is 9.47 Å². The molecule has 10 heavy (non-hydrogen) atoms. The zero-order valence-corrected chi connectivity index (χ0v) is 6.80. The third kappa shape index (κ3) is 1.70. The summed E-state index contributed by atoms with van der Waals surface area (Å²) in [4.78, 5) is 0. The van der Waals surface area contributed by atoms with Crippen molar-refractivity contribution in [2.24, 2.45) is 5.92 Å². The standard InChI is InChI=1S/C8H16O2/c1-3-8-7(6-10-8)5-9-4-2/h7-8H,3-6H2,1-2H3. The molecule has 0 radical (unpaired) electrons. The molecule has 1 fully saturated rings. The van der Waals surface area contributed by atoms with Crippen molar-refractivity contribution in [1.29, 1.82) is 0 Å². The molecule has 0 spiro atoms. The Morgan fingerprint density at radius 3 is 2.70 bits per heavy atom. The second-order valence-electron chi connectivity index (χ2n) is 2.70. The topological polar surface area (TPSA) is 18.5 Å². The fourth-order valence-electron chi connectivity index (χ4n) is 1.24. The van der Waals surface area contributed by atoms with Crippen molar-refractivity contribution in [3.8, 4) is 0 Å². The third-order valence-electron chi connectivity index (χ3n) is 1.99. The smallest absolute Gasteiger partial charge is 0.0645 e. The summed E-state index contributed by atoms with van der Waals surface area (Å²) in [6, 6.07) is 0. The van der Waals surface area contributed by atoms with Gasteiger partial charge in [-0.25, -0.2) is 0 Å². The average molecular weight is 144 g/mol. The second kappa shape index (κ2) is 3.94.